The van der Waals surface area contributed by atoms with E-state index in [9.17, 15) is 19.7 Å². The van der Waals surface area contributed by atoms with Gasteiger partial charge in [0.15, 0.2) is 5.76 Å². The van der Waals surface area contributed by atoms with E-state index in [1.807, 2.05) is 53.4 Å². The number of rotatable bonds is 6. The first-order valence-electron chi connectivity index (χ1n) is 10.4. The number of hydrogen-bond donors (Lipinski definition) is 1. The Morgan fingerprint density at radius 3 is 2.27 bits per heavy atom. The first-order valence-corrected chi connectivity index (χ1v) is 10.4. The van der Waals surface area contributed by atoms with E-state index >= 15 is 0 Å². The van der Waals surface area contributed by atoms with Gasteiger partial charge in [0.05, 0.1) is 6.07 Å². The van der Waals surface area contributed by atoms with Crippen molar-refractivity contribution in [2.24, 2.45) is 0 Å². The molecule has 2 heterocycles. The van der Waals surface area contributed by atoms with Crippen molar-refractivity contribution in [1.82, 2.24) is 4.90 Å². The van der Waals surface area contributed by atoms with Gasteiger partial charge in [-0.1, -0.05) is 30.3 Å². The number of nitrogens with one attached hydrogen (secondary N) is 1. The van der Waals surface area contributed by atoms with Gasteiger partial charge in [0.2, 0.25) is 5.91 Å². The number of hydrogen-bond acceptors (Lipinski definition) is 6. The molecule has 2 aromatic carbocycles. The zero-order chi connectivity index (χ0) is 23.2. The molecule has 3 aromatic rings. The van der Waals surface area contributed by atoms with Gasteiger partial charge in [-0.15, -0.1) is 0 Å². The van der Waals surface area contributed by atoms with Crippen LogP contribution in [0.5, 0.6) is 0 Å². The Morgan fingerprint density at radius 2 is 1.64 bits per heavy atom. The van der Waals surface area contributed by atoms with Crippen LogP contribution in [0.1, 0.15) is 16.1 Å². The first-order chi connectivity index (χ1) is 16.0. The summed E-state index contributed by atoms with van der Waals surface area (Å²) >= 11 is 0. The van der Waals surface area contributed by atoms with Crippen LogP contribution in [-0.2, 0) is 4.79 Å². The summed E-state index contributed by atoms with van der Waals surface area (Å²) in [4.78, 5) is 38.6. The average molecular weight is 446 g/mol. The van der Waals surface area contributed by atoms with E-state index in [0.717, 1.165) is 17.3 Å². The normalized spacial score (nSPS) is 13.8. The quantitative estimate of drug-likeness (QED) is 0.350. The fourth-order valence-corrected chi connectivity index (χ4v) is 3.52. The highest BCUT2D eigenvalue weighted by Gasteiger charge is 2.20. The molecule has 0 saturated carbocycles. The van der Waals surface area contributed by atoms with Crippen molar-refractivity contribution in [3.05, 3.63) is 94.2 Å². The Labute approximate surface area is 190 Å². The summed E-state index contributed by atoms with van der Waals surface area (Å²) in [5.41, 5.74) is 2.51. The molecule has 1 aromatic heterocycles. The zero-order valence-corrected chi connectivity index (χ0v) is 17.7. The molecule has 4 rings (SSSR count). The summed E-state index contributed by atoms with van der Waals surface area (Å²) in [6.45, 7) is 2.64. The van der Waals surface area contributed by atoms with Gasteiger partial charge in [0.1, 0.15) is 4.92 Å². The fourth-order valence-electron chi connectivity index (χ4n) is 3.52. The van der Waals surface area contributed by atoms with Crippen molar-refractivity contribution in [3.63, 3.8) is 0 Å². The van der Waals surface area contributed by atoms with Crippen LogP contribution in [0.4, 0.5) is 17.3 Å². The molecule has 1 saturated heterocycles. The number of anilines is 2. The van der Waals surface area contributed by atoms with E-state index in [0.29, 0.717) is 31.9 Å². The number of piperazine rings is 1. The van der Waals surface area contributed by atoms with E-state index in [1.165, 1.54) is 6.07 Å². The van der Waals surface area contributed by atoms with Crippen LogP contribution in [-0.4, -0.2) is 47.8 Å². The van der Waals surface area contributed by atoms with Crippen LogP contribution in [0.25, 0.3) is 6.08 Å². The molecule has 0 unspecified atom stereocenters. The predicted octanol–water partition coefficient (Wildman–Crippen LogP) is 3.80. The van der Waals surface area contributed by atoms with Gasteiger partial charge in [-0.2, -0.15) is 0 Å². The second-order valence-electron chi connectivity index (χ2n) is 7.45. The number of furan rings is 1. The number of amides is 2. The molecule has 33 heavy (non-hydrogen) atoms. The number of carbonyl (C=O) groups excluding carboxylic acids is 2. The first kappa shape index (κ1) is 21.8. The van der Waals surface area contributed by atoms with E-state index in [4.69, 9.17) is 4.42 Å². The molecule has 0 aliphatic carbocycles. The summed E-state index contributed by atoms with van der Waals surface area (Å²) < 4.78 is 4.91. The zero-order valence-electron chi connectivity index (χ0n) is 17.7. The largest absolute Gasteiger partial charge is 0.433 e. The molecule has 0 bridgehead atoms. The minimum atomic E-state index is -0.696. The maximum absolute atomic E-state index is 12.5. The maximum Gasteiger partial charge on any atom is 0.433 e. The predicted molar refractivity (Wildman–Crippen MR) is 124 cm³/mol. The molecule has 1 aliphatic heterocycles. The van der Waals surface area contributed by atoms with Crippen LogP contribution in [0, 0.1) is 10.1 Å². The lowest BCUT2D eigenvalue weighted by atomic mass is 10.2. The monoisotopic (exact) mass is 446 g/mol. The molecule has 0 spiro atoms. The lowest BCUT2D eigenvalue weighted by Gasteiger charge is -2.35. The smallest absolute Gasteiger partial charge is 0.395 e. The second-order valence-corrected chi connectivity index (χ2v) is 7.45. The van der Waals surface area contributed by atoms with Gasteiger partial charge in [0, 0.05) is 43.6 Å². The number of benzene rings is 2. The Hall–Kier alpha value is -4.40. The Kier molecular flexibility index (Phi) is 6.49. The molecule has 0 atom stereocenters. The Balaban J connectivity index is 1.29. The lowest BCUT2D eigenvalue weighted by molar-refractivity contribution is -0.402. The maximum atomic E-state index is 12.5. The minimum absolute atomic E-state index is 0.00488. The van der Waals surface area contributed by atoms with E-state index in [1.54, 1.807) is 18.2 Å². The molecule has 168 valence electrons. The molecule has 0 radical (unpaired) electrons. The molecule has 1 fully saturated rings. The van der Waals surface area contributed by atoms with E-state index in [2.05, 4.69) is 10.2 Å². The van der Waals surface area contributed by atoms with Gasteiger partial charge in [-0.3, -0.25) is 19.7 Å². The SMILES string of the molecule is O=C(Nc1ccc(N2CCN(C(=O)/C=C/c3ccccc3)CC2)cc1)c1ccc([N+](=O)[O-])o1. The van der Waals surface area contributed by atoms with Crippen LogP contribution in [0.15, 0.2) is 77.2 Å². The third kappa shape index (κ3) is 5.45. The minimum Gasteiger partial charge on any atom is -0.395 e. The van der Waals surface area contributed by atoms with Crippen molar-refractivity contribution in [3.8, 4) is 0 Å². The van der Waals surface area contributed by atoms with Crippen LogP contribution in [0.2, 0.25) is 0 Å². The molecule has 1 aliphatic rings. The molecule has 1 N–H and O–H groups in total. The van der Waals surface area contributed by atoms with Gasteiger partial charge in [-0.05, 0) is 42.0 Å². The van der Waals surface area contributed by atoms with Gasteiger partial charge in [0.25, 0.3) is 5.91 Å². The average Bonchev–Trinajstić information content (AvgIpc) is 3.35. The van der Waals surface area contributed by atoms with Gasteiger partial charge < -0.3 is 19.5 Å². The van der Waals surface area contributed by atoms with Crippen molar-refractivity contribution in [2.75, 3.05) is 36.4 Å². The number of carbonyl (C=O) groups is 2. The van der Waals surface area contributed by atoms with Crippen LogP contribution in [0.3, 0.4) is 0 Å². The summed E-state index contributed by atoms with van der Waals surface area (Å²) in [5, 5.41) is 13.3. The Bertz CT molecular complexity index is 1160. The summed E-state index contributed by atoms with van der Waals surface area (Å²) in [5.74, 6) is -1.18. The van der Waals surface area contributed by atoms with Crippen LogP contribution >= 0.6 is 0 Å². The highest BCUT2D eigenvalue weighted by atomic mass is 16.6. The second kappa shape index (κ2) is 9.82. The van der Waals surface area contributed by atoms with Crippen molar-refractivity contribution >= 4 is 35.1 Å². The standard InChI is InChI=1S/C24H22N4O5/c29-22(12-6-18-4-2-1-3-5-18)27-16-14-26(15-17-27)20-9-7-19(8-10-20)25-24(30)21-11-13-23(33-21)28(31)32/h1-13H,14-17H2,(H,25,30)/b12-6+. The summed E-state index contributed by atoms with van der Waals surface area (Å²) in [6.07, 6.45) is 3.43. The third-order valence-electron chi connectivity index (χ3n) is 5.30. The molecular weight excluding hydrogens is 424 g/mol. The molecular formula is C24H22N4O5. The van der Waals surface area contributed by atoms with Gasteiger partial charge >= 0.3 is 5.88 Å². The van der Waals surface area contributed by atoms with Crippen molar-refractivity contribution in [2.45, 2.75) is 0 Å². The van der Waals surface area contributed by atoms with Crippen LogP contribution < -0.4 is 10.2 Å². The number of nitro groups is 1. The topological polar surface area (TPSA) is 109 Å². The molecule has 2 amide bonds. The highest BCUT2D eigenvalue weighted by molar-refractivity contribution is 6.02. The summed E-state index contributed by atoms with van der Waals surface area (Å²) in [6, 6.07) is 19.4. The van der Waals surface area contributed by atoms with E-state index in [-0.39, 0.29) is 11.7 Å². The third-order valence-corrected chi connectivity index (χ3v) is 5.30. The molecule has 9 heteroatoms. The van der Waals surface area contributed by atoms with E-state index < -0.39 is 16.7 Å². The fraction of sp³-hybridized carbons (Fsp3) is 0.167. The highest BCUT2D eigenvalue weighted by Crippen LogP contribution is 2.21. The van der Waals surface area contributed by atoms with Crippen molar-refractivity contribution < 1.29 is 18.9 Å². The number of nitrogens with zero attached hydrogens (tertiary/aromatic N) is 3. The lowest BCUT2D eigenvalue weighted by Crippen LogP contribution is -2.48. The van der Waals surface area contributed by atoms with Crippen molar-refractivity contribution in [1.29, 1.82) is 0 Å². The Morgan fingerprint density at radius 1 is 0.939 bits per heavy atom. The summed E-state index contributed by atoms with van der Waals surface area (Å²) in [7, 11) is 0. The molecule has 9 nitrogen and oxygen atoms in total. The van der Waals surface area contributed by atoms with Gasteiger partial charge in [-0.25, -0.2) is 0 Å².